The molecule has 0 radical (unpaired) electrons. The lowest BCUT2D eigenvalue weighted by Crippen LogP contribution is -2.37. The SMILES string of the molecule is CCN(CCOC)C(=O)Nc1ccc(F)c(C(=O)O)c1. The molecule has 0 aliphatic carbocycles. The Hall–Kier alpha value is -2.15. The fourth-order valence-corrected chi connectivity index (χ4v) is 1.57. The first-order chi connectivity index (χ1) is 9.49. The lowest BCUT2D eigenvalue weighted by molar-refractivity contribution is 0.0692. The maximum atomic E-state index is 13.2. The van der Waals surface area contributed by atoms with Gasteiger partial charge in [0.05, 0.1) is 12.2 Å². The first-order valence-corrected chi connectivity index (χ1v) is 6.07. The molecule has 1 aromatic rings. The number of benzene rings is 1. The molecule has 0 saturated heterocycles. The van der Waals surface area contributed by atoms with Crippen molar-refractivity contribution in [2.45, 2.75) is 6.92 Å². The molecule has 1 rings (SSSR count). The van der Waals surface area contributed by atoms with Crippen LogP contribution in [0.25, 0.3) is 0 Å². The molecular formula is C13H17FN2O4. The van der Waals surface area contributed by atoms with E-state index >= 15 is 0 Å². The van der Waals surface area contributed by atoms with Crippen LogP contribution >= 0.6 is 0 Å². The highest BCUT2D eigenvalue weighted by atomic mass is 19.1. The van der Waals surface area contributed by atoms with Gasteiger partial charge in [0.15, 0.2) is 0 Å². The number of nitrogens with one attached hydrogen (secondary N) is 1. The van der Waals surface area contributed by atoms with Crippen molar-refractivity contribution in [2.24, 2.45) is 0 Å². The van der Waals surface area contributed by atoms with E-state index in [4.69, 9.17) is 9.84 Å². The standard InChI is InChI=1S/C13H17FN2O4/c1-3-16(6-7-20-2)13(19)15-9-4-5-11(14)10(8-9)12(17)18/h4-5,8H,3,6-7H2,1-2H3,(H,15,19)(H,17,18). The molecule has 6 nitrogen and oxygen atoms in total. The second-order valence-electron chi connectivity index (χ2n) is 4.00. The maximum absolute atomic E-state index is 13.2. The first-order valence-electron chi connectivity index (χ1n) is 6.07. The van der Waals surface area contributed by atoms with Gasteiger partial charge in [0.2, 0.25) is 0 Å². The van der Waals surface area contributed by atoms with Gasteiger partial charge in [-0.2, -0.15) is 0 Å². The summed E-state index contributed by atoms with van der Waals surface area (Å²) in [5.74, 6) is -2.23. The molecule has 2 amide bonds. The molecule has 0 aromatic heterocycles. The van der Waals surface area contributed by atoms with Gasteiger partial charge in [-0.1, -0.05) is 0 Å². The lowest BCUT2D eigenvalue weighted by Gasteiger charge is -2.21. The molecule has 0 atom stereocenters. The number of carboxylic acid groups (broad SMARTS) is 1. The number of likely N-dealkylation sites (N-methyl/N-ethyl adjacent to an activating group) is 1. The third-order valence-corrected chi connectivity index (χ3v) is 2.68. The summed E-state index contributed by atoms with van der Waals surface area (Å²) in [4.78, 5) is 24.2. The molecule has 0 aliphatic rings. The van der Waals surface area contributed by atoms with Gasteiger partial charge in [0, 0.05) is 25.9 Å². The van der Waals surface area contributed by atoms with Crippen molar-refractivity contribution in [3.63, 3.8) is 0 Å². The molecule has 0 spiro atoms. The molecule has 0 unspecified atom stereocenters. The molecule has 110 valence electrons. The number of amides is 2. The van der Waals surface area contributed by atoms with Gasteiger partial charge in [-0.05, 0) is 25.1 Å². The number of carbonyl (C=O) groups excluding carboxylic acids is 1. The van der Waals surface area contributed by atoms with Crippen molar-refractivity contribution < 1.29 is 23.8 Å². The Morgan fingerprint density at radius 2 is 2.15 bits per heavy atom. The van der Waals surface area contributed by atoms with E-state index in [1.54, 1.807) is 0 Å². The minimum atomic E-state index is -1.38. The van der Waals surface area contributed by atoms with Crippen LogP contribution in [0.3, 0.4) is 0 Å². The number of rotatable bonds is 6. The summed E-state index contributed by atoms with van der Waals surface area (Å²) in [7, 11) is 1.53. The predicted octanol–water partition coefficient (Wildman–Crippen LogP) is 2.02. The highest BCUT2D eigenvalue weighted by Crippen LogP contribution is 2.15. The van der Waals surface area contributed by atoms with E-state index in [-0.39, 0.29) is 5.69 Å². The molecule has 0 fully saturated rings. The number of nitrogens with zero attached hydrogens (tertiary/aromatic N) is 1. The minimum absolute atomic E-state index is 0.227. The zero-order valence-corrected chi connectivity index (χ0v) is 11.4. The Bertz CT molecular complexity index is 493. The highest BCUT2D eigenvalue weighted by Gasteiger charge is 2.14. The van der Waals surface area contributed by atoms with Crippen LogP contribution < -0.4 is 5.32 Å². The van der Waals surface area contributed by atoms with E-state index in [2.05, 4.69) is 5.32 Å². The predicted molar refractivity (Wildman–Crippen MR) is 71.5 cm³/mol. The van der Waals surface area contributed by atoms with Crippen molar-refractivity contribution in [2.75, 3.05) is 32.1 Å². The molecule has 0 saturated carbocycles. The topological polar surface area (TPSA) is 78.9 Å². The number of methoxy groups -OCH3 is 1. The maximum Gasteiger partial charge on any atom is 0.338 e. The van der Waals surface area contributed by atoms with Gasteiger partial charge in [-0.15, -0.1) is 0 Å². The van der Waals surface area contributed by atoms with Crippen LogP contribution in [-0.2, 0) is 4.74 Å². The van der Waals surface area contributed by atoms with E-state index < -0.39 is 23.4 Å². The van der Waals surface area contributed by atoms with Gasteiger partial charge in [-0.25, -0.2) is 14.0 Å². The van der Waals surface area contributed by atoms with Crippen LogP contribution in [0.1, 0.15) is 17.3 Å². The highest BCUT2D eigenvalue weighted by molar-refractivity contribution is 5.93. The molecule has 0 bridgehead atoms. The summed E-state index contributed by atoms with van der Waals surface area (Å²) >= 11 is 0. The normalized spacial score (nSPS) is 10.2. The van der Waals surface area contributed by atoms with Crippen LogP contribution in [0.15, 0.2) is 18.2 Å². The van der Waals surface area contributed by atoms with Gasteiger partial charge < -0.3 is 20.1 Å². The fourth-order valence-electron chi connectivity index (χ4n) is 1.57. The van der Waals surface area contributed by atoms with Gasteiger partial charge in [0.1, 0.15) is 5.82 Å². The number of hydrogen-bond donors (Lipinski definition) is 2. The number of urea groups is 1. The number of carbonyl (C=O) groups is 2. The monoisotopic (exact) mass is 284 g/mol. The van der Waals surface area contributed by atoms with Crippen molar-refractivity contribution >= 4 is 17.7 Å². The number of anilines is 1. The quantitative estimate of drug-likeness (QED) is 0.837. The zero-order chi connectivity index (χ0) is 15.1. The van der Waals surface area contributed by atoms with Crippen molar-refractivity contribution in [3.8, 4) is 0 Å². The second-order valence-corrected chi connectivity index (χ2v) is 4.00. The molecular weight excluding hydrogens is 267 g/mol. The largest absolute Gasteiger partial charge is 0.478 e. The average molecular weight is 284 g/mol. The molecule has 2 N–H and O–H groups in total. The van der Waals surface area contributed by atoms with Crippen molar-refractivity contribution in [3.05, 3.63) is 29.6 Å². The third kappa shape index (κ3) is 4.20. The molecule has 0 aliphatic heterocycles. The third-order valence-electron chi connectivity index (χ3n) is 2.68. The molecule has 0 heterocycles. The molecule has 7 heteroatoms. The Morgan fingerprint density at radius 1 is 1.45 bits per heavy atom. The van der Waals surface area contributed by atoms with E-state index in [1.165, 1.54) is 18.1 Å². The molecule has 20 heavy (non-hydrogen) atoms. The van der Waals surface area contributed by atoms with E-state index in [1.807, 2.05) is 6.92 Å². The van der Waals surface area contributed by atoms with Crippen LogP contribution in [0, 0.1) is 5.82 Å². The average Bonchev–Trinajstić information content (AvgIpc) is 2.41. The van der Waals surface area contributed by atoms with Gasteiger partial charge >= 0.3 is 12.0 Å². The Morgan fingerprint density at radius 3 is 2.70 bits per heavy atom. The van der Waals surface area contributed by atoms with Gasteiger partial charge in [-0.3, -0.25) is 0 Å². The fraction of sp³-hybridized carbons (Fsp3) is 0.385. The summed E-state index contributed by atoms with van der Waals surface area (Å²) in [5, 5.41) is 11.3. The van der Waals surface area contributed by atoms with Crippen molar-refractivity contribution in [1.82, 2.24) is 4.90 Å². The summed E-state index contributed by atoms with van der Waals surface area (Å²) in [6.45, 7) is 3.08. The summed E-state index contributed by atoms with van der Waals surface area (Å²) in [6.07, 6.45) is 0. The second kappa shape index (κ2) is 7.44. The summed E-state index contributed by atoms with van der Waals surface area (Å²) < 4.78 is 18.1. The van der Waals surface area contributed by atoms with E-state index in [9.17, 15) is 14.0 Å². The van der Waals surface area contributed by atoms with E-state index in [0.29, 0.717) is 19.7 Å². The number of hydrogen-bond acceptors (Lipinski definition) is 3. The van der Waals surface area contributed by atoms with E-state index in [0.717, 1.165) is 12.1 Å². The Labute approximate surface area is 116 Å². The van der Waals surface area contributed by atoms with Crippen LogP contribution in [-0.4, -0.2) is 48.8 Å². The first kappa shape index (κ1) is 15.9. The van der Waals surface area contributed by atoms with Crippen LogP contribution in [0.4, 0.5) is 14.9 Å². The van der Waals surface area contributed by atoms with Crippen LogP contribution in [0.2, 0.25) is 0 Å². The lowest BCUT2D eigenvalue weighted by atomic mass is 10.2. The summed E-state index contributed by atoms with van der Waals surface area (Å²) in [5.41, 5.74) is -0.257. The Balaban J connectivity index is 2.79. The number of halogens is 1. The van der Waals surface area contributed by atoms with Crippen molar-refractivity contribution in [1.29, 1.82) is 0 Å². The number of ether oxygens (including phenoxy) is 1. The zero-order valence-electron chi connectivity index (χ0n) is 11.4. The van der Waals surface area contributed by atoms with Gasteiger partial charge in [0.25, 0.3) is 0 Å². The number of aromatic carboxylic acids is 1. The minimum Gasteiger partial charge on any atom is -0.478 e. The smallest absolute Gasteiger partial charge is 0.338 e. The molecule has 1 aromatic carbocycles. The Kier molecular flexibility index (Phi) is 5.92. The number of carboxylic acids is 1. The summed E-state index contributed by atoms with van der Waals surface area (Å²) in [6, 6.07) is 3.00. The van der Waals surface area contributed by atoms with Crippen LogP contribution in [0.5, 0.6) is 0 Å².